The zero-order valence-electron chi connectivity index (χ0n) is 12.0. The normalized spacial score (nSPS) is 13.3. The van der Waals surface area contributed by atoms with Crippen molar-refractivity contribution in [1.29, 1.82) is 0 Å². The van der Waals surface area contributed by atoms with Gasteiger partial charge in [0.2, 0.25) is 4.80 Å². The number of hydrogen-bond acceptors (Lipinski definition) is 6. The van der Waals surface area contributed by atoms with Crippen molar-refractivity contribution in [2.75, 3.05) is 5.73 Å². The van der Waals surface area contributed by atoms with Gasteiger partial charge in [-0.1, -0.05) is 23.5 Å². The van der Waals surface area contributed by atoms with Gasteiger partial charge in [0.25, 0.3) is 0 Å². The third-order valence-corrected chi connectivity index (χ3v) is 5.12. The monoisotopic (exact) mass is 317 g/mol. The highest BCUT2D eigenvalue weighted by molar-refractivity contribution is 7.16. The Bertz CT molecular complexity index is 878. The van der Waals surface area contributed by atoms with Crippen LogP contribution in [0, 0.1) is 6.92 Å². The number of anilines is 1. The third-order valence-electron chi connectivity index (χ3n) is 3.25. The summed E-state index contributed by atoms with van der Waals surface area (Å²) < 4.78 is 7.47. The maximum Gasteiger partial charge on any atom is 0.211 e. The summed E-state index contributed by atoms with van der Waals surface area (Å²) in [6.45, 7) is 3.84. The Morgan fingerprint density at radius 1 is 1.33 bits per heavy atom. The molecule has 0 aliphatic rings. The van der Waals surface area contributed by atoms with E-state index in [0.29, 0.717) is 5.00 Å². The van der Waals surface area contributed by atoms with Crippen LogP contribution in [0.3, 0.4) is 0 Å². The average molecular weight is 317 g/mol. The number of benzene rings is 1. The number of nitrogens with two attached hydrogens (primary N) is 1. The van der Waals surface area contributed by atoms with Gasteiger partial charge < -0.3 is 10.3 Å². The highest BCUT2D eigenvalue weighted by Gasteiger charge is 2.10. The summed E-state index contributed by atoms with van der Waals surface area (Å²) in [4.78, 5) is 0.856. The first-order valence-corrected chi connectivity index (χ1v) is 8.02. The van der Waals surface area contributed by atoms with E-state index in [1.54, 1.807) is 11.3 Å². The van der Waals surface area contributed by atoms with Crippen molar-refractivity contribution < 1.29 is 0 Å². The molecule has 0 unspecified atom stereocenters. The van der Waals surface area contributed by atoms with Gasteiger partial charge in [-0.3, -0.25) is 0 Å². The average Bonchev–Trinajstić information content (AvgIpc) is 2.97. The first kappa shape index (κ1) is 14.0. The lowest BCUT2D eigenvalue weighted by Crippen LogP contribution is -2.09. The highest BCUT2D eigenvalue weighted by atomic mass is 32.1. The smallest absolute Gasteiger partial charge is 0.211 e. The Hall–Kier alpha value is -1.99. The molecule has 0 saturated heterocycles. The SMILES string of the molecule is C/C(=N\N=c1\sc2ccccc2n1C)c1c(C)nsc1N. The summed E-state index contributed by atoms with van der Waals surface area (Å²) in [6.07, 6.45) is 0. The van der Waals surface area contributed by atoms with Crippen molar-refractivity contribution in [2.24, 2.45) is 17.3 Å². The van der Waals surface area contributed by atoms with Gasteiger partial charge >= 0.3 is 0 Å². The molecule has 108 valence electrons. The van der Waals surface area contributed by atoms with Crippen LogP contribution in [0.4, 0.5) is 5.00 Å². The molecular formula is C14H15N5S2. The van der Waals surface area contributed by atoms with Crippen molar-refractivity contribution in [1.82, 2.24) is 8.94 Å². The minimum Gasteiger partial charge on any atom is -0.389 e. The molecular weight excluding hydrogens is 302 g/mol. The van der Waals surface area contributed by atoms with Crippen LogP contribution in [0.1, 0.15) is 18.2 Å². The molecule has 0 aliphatic carbocycles. The van der Waals surface area contributed by atoms with E-state index in [-0.39, 0.29) is 0 Å². The maximum absolute atomic E-state index is 5.93. The molecule has 0 amide bonds. The fourth-order valence-corrected chi connectivity index (χ4v) is 3.86. The number of hydrogen-bond donors (Lipinski definition) is 1. The van der Waals surface area contributed by atoms with Gasteiger partial charge in [-0.25, -0.2) is 0 Å². The zero-order chi connectivity index (χ0) is 15.0. The van der Waals surface area contributed by atoms with E-state index in [9.17, 15) is 0 Å². The van der Waals surface area contributed by atoms with Crippen LogP contribution in [-0.4, -0.2) is 14.7 Å². The highest BCUT2D eigenvalue weighted by Crippen LogP contribution is 2.21. The lowest BCUT2D eigenvalue weighted by atomic mass is 10.2. The molecule has 21 heavy (non-hydrogen) atoms. The van der Waals surface area contributed by atoms with E-state index in [1.165, 1.54) is 16.2 Å². The van der Waals surface area contributed by atoms with Crippen LogP contribution in [0.5, 0.6) is 0 Å². The second-order valence-corrected chi connectivity index (χ2v) is 6.52. The number of thiazole rings is 1. The lowest BCUT2D eigenvalue weighted by Gasteiger charge is -1.97. The van der Waals surface area contributed by atoms with Crippen LogP contribution < -0.4 is 10.5 Å². The van der Waals surface area contributed by atoms with Crippen molar-refractivity contribution in [3.05, 3.63) is 40.3 Å². The van der Waals surface area contributed by atoms with Crippen molar-refractivity contribution in [3.63, 3.8) is 0 Å². The van der Waals surface area contributed by atoms with Crippen LogP contribution in [0.2, 0.25) is 0 Å². The Kier molecular flexibility index (Phi) is 3.60. The summed E-state index contributed by atoms with van der Waals surface area (Å²) in [7, 11) is 1.99. The molecule has 0 spiro atoms. The summed E-state index contributed by atoms with van der Waals surface area (Å²) >= 11 is 2.91. The molecule has 3 rings (SSSR count). The third kappa shape index (κ3) is 2.50. The molecule has 7 heteroatoms. The minimum atomic E-state index is 0.685. The molecule has 2 aromatic heterocycles. The largest absolute Gasteiger partial charge is 0.389 e. The predicted molar refractivity (Wildman–Crippen MR) is 89.8 cm³/mol. The standard InChI is InChI=1S/C14H15N5S2/c1-8(12-9(2)18-21-13(12)15)16-17-14-19(3)10-6-4-5-7-11(10)20-14/h4-7H,15H2,1-3H3/b16-8+,17-14+. The van der Waals surface area contributed by atoms with Gasteiger partial charge in [-0.05, 0) is 37.5 Å². The van der Waals surface area contributed by atoms with Crippen LogP contribution in [0.15, 0.2) is 34.5 Å². The van der Waals surface area contributed by atoms with Crippen LogP contribution >= 0.6 is 22.9 Å². The number of nitrogen functional groups attached to an aromatic ring is 1. The molecule has 0 saturated carbocycles. The van der Waals surface area contributed by atoms with Gasteiger partial charge in [0.1, 0.15) is 5.00 Å². The Morgan fingerprint density at radius 3 is 2.76 bits per heavy atom. The molecule has 0 bridgehead atoms. The van der Waals surface area contributed by atoms with Gasteiger partial charge in [-0.15, -0.1) is 5.10 Å². The zero-order valence-corrected chi connectivity index (χ0v) is 13.6. The molecule has 5 nitrogen and oxygen atoms in total. The second-order valence-electron chi connectivity index (χ2n) is 4.70. The van der Waals surface area contributed by atoms with Gasteiger partial charge in [0, 0.05) is 7.05 Å². The van der Waals surface area contributed by atoms with Gasteiger partial charge in [0.15, 0.2) is 0 Å². The first-order valence-electron chi connectivity index (χ1n) is 6.43. The van der Waals surface area contributed by atoms with Crippen molar-refractivity contribution >= 4 is 43.8 Å². The molecule has 2 heterocycles. The van der Waals surface area contributed by atoms with Gasteiger partial charge in [-0.2, -0.15) is 9.47 Å². The molecule has 0 aliphatic heterocycles. The molecule has 0 atom stereocenters. The molecule has 1 aromatic carbocycles. The second kappa shape index (κ2) is 5.42. The minimum absolute atomic E-state index is 0.685. The number of rotatable bonds is 2. The number of aromatic nitrogens is 2. The Morgan fingerprint density at radius 2 is 2.10 bits per heavy atom. The van der Waals surface area contributed by atoms with E-state index in [1.807, 2.05) is 37.6 Å². The number of fused-ring (bicyclic) bond motifs is 1. The van der Waals surface area contributed by atoms with E-state index >= 15 is 0 Å². The lowest BCUT2D eigenvalue weighted by molar-refractivity contribution is 0.888. The topological polar surface area (TPSA) is 68.6 Å². The van der Waals surface area contributed by atoms with Crippen molar-refractivity contribution in [3.8, 4) is 0 Å². The van der Waals surface area contributed by atoms with E-state index in [0.717, 1.165) is 27.3 Å². The fourth-order valence-electron chi connectivity index (χ4n) is 2.17. The first-order chi connectivity index (χ1) is 10.1. The van der Waals surface area contributed by atoms with E-state index in [4.69, 9.17) is 5.73 Å². The van der Waals surface area contributed by atoms with Crippen LogP contribution in [0.25, 0.3) is 10.2 Å². The van der Waals surface area contributed by atoms with E-state index < -0.39 is 0 Å². The van der Waals surface area contributed by atoms with Gasteiger partial charge in [0.05, 0.1) is 27.2 Å². The summed E-state index contributed by atoms with van der Waals surface area (Å²) in [5.41, 5.74) is 9.67. The molecule has 2 N–H and O–H groups in total. The predicted octanol–water partition coefficient (Wildman–Crippen LogP) is 2.91. The van der Waals surface area contributed by atoms with Crippen molar-refractivity contribution in [2.45, 2.75) is 13.8 Å². The van der Waals surface area contributed by atoms with Crippen LogP contribution in [-0.2, 0) is 7.05 Å². The quantitative estimate of drug-likeness (QED) is 0.583. The maximum atomic E-state index is 5.93. The molecule has 3 aromatic rings. The fraction of sp³-hybridized carbons (Fsp3) is 0.214. The Labute approximate surface area is 130 Å². The summed E-state index contributed by atoms with van der Waals surface area (Å²) in [5, 5.41) is 9.39. The number of nitrogens with zero attached hydrogens (tertiary/aromatic N) is 4. The Balaban J connectivity index is 2.09. The number of para-hydroxylation sites is 1. The number of aryl methyl sites for hydroxylation is 2. The molecule has 0 radical (unpaired) electrons. The van der Waals surface area contributed by atoms with E-state index in [2.05, 4.69) is 26.7 Å². The molecule has 0 fully saturated rings. The summed E-state index contributed by atoms with van der Waals surface area (Å²) in [5.74, 6) is 0. The summed E-state index contributed by atoms with van der Waals surface area (Å²) in [6, 6.07) is 8.21.